The van der Waals surface area contributed by atoms with Gasteiger partial charge in [0.15, 0.2) is 0 Å². The number of nitrogens with zero attached hydrogens (tertiary/aromatic N) is 2. The number of halogens is 4. The van der Waals surface area contributed by atoms with Crippen LogP contribution in [0.15, 0.2) is 53.3 Å². The summed E-state index contributed by atoms with van der Waals surface area (Å²) in [6, 6.07) is 11.9. The number of anilines is 1. The predicted molar refractivity (Wildman–Crippen MR) is 124 cm³/mol. The van der Waals surface area contributed by atoms with Crippen LogP contribution in [0.25, 0.3) is 0 Å². The Kier molecular flexibility index (Phi) is 7.73. The first-order valence-corrected chi connectivity index (χ1v) is 10.4. The van der Waals surface area contributed by atoms with E-state index in [0.29, 0.717) is 55.4 Å². The van der Waals surface area contributed by atoms with Gasteiger partial charge in [-0.2, -0.15) is 13.2 Å². The number of hydrogen-bond acceptors (Lipinski definition) is 5. The van der Waals surface area contributed by atoms with Gasteiger partial charge >= 0.3 is 11.9 Å². The number of piperazine rings is 1. The highest BCUT2D eigenvalue weighted by Crippen LogP contribution is 2.32. The van der Waals surface area contributed by atoms with E-state index in [4.69, 9.17) is 4.74 Å². The number of methoxy groups -OCH3 is 1. The van der Waals surface area contributed by atoms with E-state index < -0.39 is 17.4 Å². The van der Waals surface area contributed by atoms with Crippen LogP contribution in [-0.2, 0) is 12.7 Å². The summed E-state index contributed by atoms with van der Waals surface area (Å²) < 4.78 is 44.1. The molecule has 1 aromatic heterocycles. The number of hydrogen-bond donors (Lipinski definition) is 2. The van der Waals surface area contributed by atoms with Crippen LogP contribution in [0, 0.1) is 0 Å². The van der Waals surface area contributed by atoms with Crippen molar-refractivity contribution in [1.29, 1.82) is 0 Å². The van der Waals surface area contributed by atoms with Gasteiger partial charge in [-0.15, -0.1) is 12.4 Å². The summed E-state index contributed by atoms with van der Waals surface area (Å²) in [6.07, 6.45) is -4.38. The molecule has 0 spiro atoms. The van der Waals surface area contributed by atoms with Gasteiger partial charge in [0.1, 0.15) is 11.4 Å². The van der Waals surface area contributed by atoms with Crippen molar-refractivity contribution >= 4 is 23.9 Å². The minimum absolute atomic E-state index is 0. The van der Waals surface area contributed by atoms with Crippen molar-refractivity contribution < 1.29 is 22.7 Å². The molecule has 1 fully saturated rings. The first-order chi connectivity index (χ1) is 15.7. The molecule has 2 aromatic carbocycles. The monoisotopic (exact) mass is 496 g/mol. The number of H-pyrrole nitrogens is 2. The SMILES string of the molecule is COc1ccc(C(=O)c2[nH]c(=O)[nH]c2CN2CCN(c3cccc(C(F)(F)F)c3)CC2)cc1.Cl. The van der Waals surface area contributed by atoms with Gasteiger partial charge in [-0.05, 0) is 42.5 Å². The first-order valence-electron chi connectivity index (χ1n) is 10.4. The number of rotatable bonds is 6. The van der Waals surface area contributed by atoms with Crippen molar-refractivity contribution in [2.75, 3.05) is 38.2 Å². The normalized spacial score (nSPS) is 14.5. The highest BCUT2D eigenvalue weighted by atomic mass is 35.5. The van der Waals surface area contributed by atoms with E-state index in [0.717, 1.165) is 12.1 Å². The molecule has 34 heavy (non-hydrogen) atoms. The second-order valence-corrected chi connectivity index (χ2v) is 7.80. The molecule has 0 unspecified atom stereocenters. The standard InChI is InChI=1S/C23H23F3N4O3.ClH/c1-33-18-7-5-15(6-8-18)21(31)20-19(27-22(32)28-20)14-29-9-11-30(12-10-29)17-4-2-3-16(13-17)23(24,25)26;/h2-8,13H,9-12,14H2,1H3,(H2,27,28,32);1H. The highest BCUT2D eigenvalue weighted by molar-refractivity contribution is 6.08. The minimum atomic E-state index is -4.38. The third kappa shape index (κ3) is 5.63. The largest absolute Gasteiger partial charge is 0.497 e. The Morgan fingerprint density at radius 3 is 2.32 bits per heavy atom. The van der Waals surface area contributed by atoms with Crippen LogP contribution in [0.2, 0.25) is 0 Å². The maximum atomic E-state index is 13.0. The molecular weight excluding hydrogens is 473 g/mol. The summed E-state index contributed by atoms with van der Waals surface area (Å²) in [7, 11) is 1.53. The number of aromatic nitrogens is 2. The van der Waals surface area contributed by atoms with Crippen molar-refractivity contribution in [2.24, 2.45) is 0 Å². The molecule has 4 rings (SSSR count). The van der Waals surface area contributed by atoms with Crippen LogP contribution in [0.5, 0.6) is 5.75 Å². The van der Waals surface area contributed by atoms with Gasteiger partial charge in [-0.3, -0.25) is 9.69 Å². The van der Waals surface area contributed by atoms with Crippen molar-refractivity contribution in [3.05, 3.63) is 81.5 Å². The number of carbonyl (C=O) groups excluding carboxylic acids is 1. The molecule has 7 nitrogen and oxygen atoms in total. The van der Waals surface area contributed by atoms with E-state index in [-0.39, 0.29) is 23.9 Å². The van der Waals surface area contributed by atoms with Gasteiger partial charge < -0.3 is 19.6 Å². The number of imidazole rings is 1. The predicted octanol–water partition coefficient (Wildman–Crippen LogP) is 3.71. The molecule has 11 heteroatoms. The lowest BCUT2D eigenvalue weighted by Gasteiger charge is -2.36. The summed E-state index contributed by atoms with van der Waals surface area (Å²) in [6.45, 7) is 2.53. The molecule has 0 amide bonds. The Morgan fingerprint density at radius 2 is 1.71 bits per heavy atom. The number of aromatic amines is 2. The second-order valence-electron chi connectivity index (χ2n) is 7.80. The summed E-state index contributed by atoms with van der Waals surface area (Å²) in [5.41, 5.74) is 0.480. The van der Waals surface area contributed by atoms with E-state index in [9.17, 15) is 22.8 Å². The van der Waals surface area contributed by atoms with Gasteiger partial charge in [-0.1, -0.05) is 6.07 Å². The Morgan fingerprint density at radius 1 is 1.03 bits per heavy atom. The van der Waals surface area contributed by atoms with Crippen molar-refractivity contribution in [3.63, 3.8) is 0 Å². The molecule has 182 valence electrons. The van der Waals surface area contributed by atoms with Gasteiger partial charge in [0.25, 0.3) is 0 Å². The number of carbonyl (C=O) groups is 1. The maximum absolute atomic E-state index is 13.0. The van der Waals surface area contributed by atoms with E-state index in [2.05, 4.69) is 9.97 Å². The number of alkyl halides is 3. The van der Waals surface area contributed by atoms with Gasteiger partial charge in [-0.25, -0.2) is 4.79 Å². The molecule has 0 atom stereocenters. The zero-order chi connectivity index (χ0) is 23.6. The van der Waals surface area contributed by atoms with E-state index in [1.165, 1.54) is 13.2 Å². The van der Waals surface area contributed by atoms with Crippen molar-refractivity contribution in [2.45, 2.75) is 12.7 Å². The molecule has 2 heterocycles. The molecule has 1 saturated heterocycles. The molecule has 1 aliphatic rings. The average Bonchev–Trinajstić information content (AvgIpc) is 3.18. The zero-order valence-electron chi connectivity index (χ0n) is 18.3. The highest BCUT2D eigenvalue weighted by Gasteiger charge is 2.31. The van der Waals surface area contributed by atoms with Crippen LogP contribution in [-0.4, -0.2) is 53.9 Å². The third-order valence-electron chi connectivity index (χ3n) is 5.68. The van der Waals surface area contributed by atoms with Crippen molar-refractivity contribution in [3.8, 4) is 5.75 Å². The molecule has 2 N–H and O–H groups in total. The first kappa shape index (κ1) is 25.4. The van der Waals surface area contributed by atoms with Gasteiger partial charge in [0.05, 0.1) is 18.4 Å². The molecule has 3 aromatic rings. The maximum Gasteiger partial charge on any atom is 0.416 e. The molecule has 1 aliphatic heterocycles. The fraction of sp³-hybridized carbons (Fsp3) is 0.304. The lowest BCUT2D eigenvalue weighted by atomic mass is 10.1. The molecule has 0 aliphatic carbocycles. The summed E-state index contributed by atoms with van der Waals surface area (Å²) in [5, 5.41) is 0. The fourth-order valence-corrected chi connectivity index (χ4v) is 3.89. The van der Waals surface area contributed by atoms with Crippen LogP contribution in [0.4, 0.5) is 18.9 Å². The Labute approximate surface area is 199 Å². The van der Waals surface area contributed by atoms with E-state index >= 15 is 0 Å². The van der Waals surface area contributed by atoms with Crippen LogP contribution < -0.4 is 15.3 Å². The minimum Gasteiger partial charge on any atom is -0.497 e. The van der Waals surface area contributed by atoms with Crippen LogP contribution in [0.1, 0.15) is 27.3 Å². The lowest BCUT2D eigenvalue weighted by Crippen LogP contribution is -2.46. The number of nitrogens with one attached hydrogen (secondary N) is 2. The van der Waals surface area contributed by atoms with Gasteiger partial charge in [0.2, 0.25) is 5.78 Å². The lowest BCUT2D eigenvalue weighted by molar-refractivity contribution is -0.137. The summed E-state index contributed by atoms with van der Waals surface area (Å²) in [4.78, 5) is 34.1. The number of benzene rings is 2. The smallest absolute Gasteiger partial charge is 0.416 e. The van der Waals surface area contributed by atoms with Crippen LogP contribution >= 0.6 is 12.4 Å². The summed E-state index contributed by atoms with van der Waals surface area (Å²) in [5.74, 6) is 0.307. The summed E-state index contributed by atoms with van der Waals surface area (Å²) >= 11 is 0. The third-order valence-corrected chi connectivity index (χ3v) is 5.68. The second kappa shape index (κ2) is 10.4. The number of ketones is 1. The van der Waals surface area contributed by atoms with Gasteiger partial charge in [0, 0.05) is 44.0 Å². The Hall–Kier alpha value is -3.24. The Bertz CT molecular complexity index is 1180. The Balaban J connectivity index is 0.00000324. The molecule has 0 bridgehead atoms. The molecule has 0 radical (unpaired) electrons. The average molecular weight is 497 g/mol. The van der Waals surface area contributed by atoms with Crippen molar-refractivity contribution in [1.82, 2.24) is 14.9 Å². The zero-order valence-corrected chi connectivity index (χ0v) is 19.1. The topological polar surface area (TPSA) is 81.4 Å². The number of ether oxygens (including phenoxy) is 1. The fourth-order valence-electron chi connectivity index (χ4n) is 3.89. The van der Waals surface area contributed by atoms with E-state index in [1.54, 1.807) is 30.3 Å². The quantitative estimate of drug-likeness (QED) is 0.509. The van der Waals surface area contributed by atoms with E-state index in [1.807, 2.05) is 9.80 Å². The van der Waals surface area contributed by atoms with Crippen LogP contribution in [0.3, 0.4) is 0 Å². The molecular formula is C23H24ClF3N4O3. The molecule has 0 saturated carbocycles.